The molecule has 1 N–H and O–H groups in total. The van der Waals surface area contributed by atoms with Crippen LogP contribution in [0.5, 0.6) is 0 Å². The summed E-state index contributed by atoms with van der Waals surface area (Å²) < 4.78 is 1.32. The monoisotopic (exact) mass is 256 g/mol. The molecule has 0 saturated carbocycles. The highest BCUT2D eigenvalue weighted by molar-refractivity contribution is 7.98. The van der Waals surface area contributed by atoms with Crippen molar-refractivity contribution in [2.24, 2.45) is 0 Å². The van der Waals surface area contributed by atoms with Gasteiger partial charge in [-0.25, -0.2) is 4.98 Å². The fraction of sp³-hybridized carbons (Fsp3) is 0.444. The van der Waals surface area contributed by atoms with Gasteiger partial charge in [0.15, 0.2) is 0 Å². The Morgan fingerprint density at radius 1 is 1.62 bits per heavy atom. The van der Waals surface area contributed by atoms with Gasteiger partial charge >= 0.3 is 0 Å². The molecule has 0 aliphatic rings. The molecule has 0 unspecified atom stereocenters. The van der Waals surface area contributed by atoms with Gasteiger partial charge in [-0.1, -0.05) is 11.3 Å². The number of rotatable bonds is 5. The molecule has 0 amide bonds. The lowest BCUT2D eigenvalue weighted by Gasteiger charge is -1.98. The van der Waals surface area contributed by atoms with Gasteiger partial charge in [0.2, 0.25) is 10.1 Å². The van der Waals surface area contributed by atoms with Crippen LogP contribution in [0.4, 0.5) is 5.13 Å². The van der Waals surface area contributed by atoms with Crippen molar-refractivity contribution < 1.29 is 0 Å². The number of anilines is 1. The third kappa shape index (κ3) is 2.53. The molecule has 0 fully saturated rings. The van der Waals surface area contributed by atoms with Crippen LogP contribution in [0, 0.1) is 0 Å². The molecule has 5 nitrogen and oxygen atoms in total. The molecule has 2 rings (SSSR count). The summed E-state index contributed by atoms with van der Waals surface area (Å²) in [5.74, 6) is 1.12. The highest BCUT2D eigenvalue weighted by Gasteiger charge is 2.04. The molecule has 16 heavy (non-hydrogen) atoms. The molecule has 2 aromatic rings. The summed E-state index contributed by atoms with van der Waals surface area (Å²) in [6.07, 6.45) is 4.67. The van der Waals surface area contributed by atoms with E-state index in [4.69, 9.17) is 0 Å². The van der Waals surface area contributed by atoms with Crippen molar-refractivity contribution in [1.82, 2.24) is 14.6 Å². The van der Waals surface area contributed by atoms with Crippen molar-refractivity contribution >= 4 is 33.2 Å². The molecular weight excluding hydrogens is 244 g/mol. The molecule has 2 heterocycles. The lowest BCUT2D eigenvalue weighted by atomic mass is 10.5. The number of fused-ring (bicyclic) bond motifs is 1. The van der Waals surface area contributed by atoms with Crippen LogP contribution in [0.15, 0.2) is 17.1 Å². The van der Waals surface area contributed by atoms with Crippen LogP contribution < -0.4 is 10.9 Å². The Morgan fingerprint density at radius 3 is 3.25 bits per heavy atom. The van der Waals surface area contributed by atoms with Gasteiger partial charge in [0, 0.05) is 18.8 Å². The van der Waals surface area contributed by atoms with Crippen LogP contribution in [0.3, 0.4) is 0 Å². The molecule has 0 radical (unpaired) electrons. The van der Waals surface area contributed by atoms with Crippen LogP contribution in [0.25, 0.3) is 4.96 Å². The second-order valence-corrected chi connectivity index (χ2v) is 5.10. The van der Waals surface area contributed by atoms with E-state index in [0.717, 1.165) is 23.8 Å². The SMILES string of the molecule is CSCCCNc1nn2c(=O)ccnc2s1. The van der Waals surface area contributed by atoms with Crippen molar-refractivity contribution in [2.45, 2.75) is 6.42 Å². The smallest absolute Gasteiger partial charge is 0.275 e. The third-order valence-corrected chi connectivity index (χ3v) is 3.55. The number of hydrogen-bond donors (Lipinski definition) is 1. The van der Waals surface area contributed by atoms with Crippen molar-refractivity contribution in [3.63, 3.8) is 0 Å². The van der Waals surface area contributed by atoms with E-state index in [9.17, 15) is 4.79 Å². The molecule has 0 spiro atoms. The van der Waals surface area contributed by atoms with Gasteiger partial charge in [-0.3, -0.25) is 4.79 Å². The molecular formula is C9H12N4OS2. The summed E-state index contributed by atoms with van der Waals surface area (Å²) >= 11 is 3.21. The number of aromatic nitrogens is 3. The summed E-state index contributed by atoms with van der Waals surface area (Å²) in [6, 6.07) is 1.41. The summed E-state index contributed by atoms with van der Waals surface area (Å²) in [5.41, 5.74) is -0.140. The minimum absolute atomic E-state index is 0.140. The number of thioether (sulfide) groups is 1. The normalized spacial score (nSPS) is 10.8. The molecule has 7 heteroatoms. The number of nitrogens with one attached hydrogen (secondary N) is 1. The number of nitrogens with zero attached hydrogens (tertiary/aromatic N) is 3. The van der Waals surface area contributed by atoms with Gasteiger partial charge in [-0.05, 0) is 18.4 Å². The highest BCUT2D eigenvalue weighted by atomic mass is 32.2. The molecule has 2 aromatic heterocycles. The standard InChI is InChI=1S/C9H12N4OS2/c1-15-6-2-4-10-8-12-13-7(14)3-5-11-9(13)16-8/h3,5H,2,4,6H2,1H3,(H,10,12). The van der Waals surface area contributed by atoms with Crippen LogP contribution in [0.2, 0.25) is 0 Å². The number of hydrogen-bond acceptors (Lipinski definition) is 6. The summed E-state index contributed by atoms with van der Waals surface area (Å²) in [5, 5.41) is 8.09. The van der Waals surface area contributed by atoms with Gasteiger partial charge in [-0.15, -0.1) is 5.10 Å². The zero-order valence-electron chi connectivity index (χ0n) is 8.84. The Labute approximate surface area is 101 Å². The van der Waals surface area contributed by atoms with Gasteiger partial charge < -0.3 is 5.32 Å². The maximum Gasteiger partial charge on any atom is 0.275 e. The average molecular weight is 256 g/mol. The molecule has 0 aliphatic heterocycles. The second-order valence-electron chi connectivity index (χ2n) is 3.16. The first-order valence-electron chi connectivity index (χ1n) is 4.89. The van der Waals surface area contributed by atoms with Crippen molar-refractivity contribution in [3.05, 3.63) is 22.6 Å². The predicted molar refractivity (Wildman–Crippen MR) is 68.6 cm³/mol. The molecule has 0 atom stereocenters. The zero-order valence-corrected chi connectivity index (χ0v) is 10.5. The maximum atomic E-state index is 11.4. The van der Waals surface area contributed by atoms with E-state index < -0.39 is 0 Å². The summed E-state index contributed by atoms with van der Waals surface area (Å²) in [6.45, 7) is 0.870. The summed E-state index contributed by atoms with van der Waals surface area (Å²) in [7, 11) is 0. The van der Waals surface area contributed by atoms with Crippen LogP contribution in [-0.4, -0.2) is 33.2 Å². The van der Waals surface area contributed by atoms with E-state index in [-0.39, 0.29) is 5.56 Å². The maximum absolute atomic E-state index is 11.4. The van der Waals surface area contributed by atoms with E-state index in [2.05, 4.69) is 21.7 Å². The van der Waals surface area contributed by atoms with Crippen LogP contribution >= 0.6 is 23.1 Å². The fourth-order valence-electron chi connectivity index (χ4n) is 1.23. The minimum Gasteiger partial charge on any atom is -0.360 e. The van der Waals surface area contributed by atoms with E-state index in [0.29, 0.717) is 4.96 Å². The Balaban J connectivity index is 2.08. The first-order chi connectivity index (χ1) is 7.81. The first-order valence-corrected chi connectivity index (χ1v) is 7.10. The molecule has 0 saturated heterocycles. The van der Waals surface area contributed by atoms with E-state index in [1.165, 1.54) is 28.1 Å². The lowest BCUT2D eigenvalue weighted by molar-refractivity contribution is 0.889. The Kier molecular flexibility index (Phi) is 3.79. The first kappa shape index (κ1) is 11.4. The average Bonchev–Trinajstić information content (AvgIpc) is 2.69. The van der Waals surface area contributed by atoms with E-state index in [1.54, 1.807) is 0 Å². The van der Waals surface area contributed by atoms with Crippen molar-refractivity contribution in [2.75, 3.05) is 23.9 Å². The van der Waals surface area contributed by atoms with Gasteiger partial charge in [0.05, 0.1) is 0 Å². The quantitative estimate of drug-likeness (QED) is 0.818. The Bertz CT molecular complexity index is 521. The summed E-state index contributed by atoms with van der Waals surface area (Å²) in [4.78, 5) is 16.1. The van der Waals surface area contributed by atoms with Gasteiger partial charge in [-0.2, -0.15) is 16.3 Å². The fourth-order valence-corrected chi connectivity index (χ4v) is 2.46. The van der Waals surface area contributed by atoms with E-state index >= 15 is 0 Å². The molecule has 0 aliphatic carbocycles. The van der Waals surface area contributed by atoms with Gasteiger partial charge in [0.1, 0.15) is 0 Å². The molecule has 0 bridgehead atoms. The van der Waals surface area contributed by atoms with Crippen LogP contribution in [-0.2, 0) is 0 Å². The van der Waals surface area contributed by atoms with Crippen molar-refractivity contribution in [3.8, 4) is 0 Å². The second kappa shape index (κ2) is 5.31. The Morgan fingerprint density at radius 2 is 2.50 bits per heavy atom. The lowest BCUT2D eigenvalue weighted by Crippen LogP contribution is -2.13. The van der Waals surface area contributed by atoms with E-state index in [1.807, 2.05) is 11.8 Å². The van der Waals surface area contributed by atoms with Gasteiger partial charge in [0.25, 0.3) is 5.56 Å². The largest absolute Gasteiger partial charge is 0.360 e. The zero-order chi connectivity index (χ0) is 11.4. The van der Waals surface area contributed by atoms with Crippen LogP contribution in [0.1, 0.15) is 6.42 Å². The highest BCUT2D eigenvalue weighted by Crippen LogP contribution is 2.15. The predicted octanol–water partition coefficient (Wildman–Crippen LogP) is 1.32. The van der Waals surface area contributed by atoms with Crippen molar-refractivity contribution in [1.29, 1.82) is 0 Å². The Hall–Kier alpha value is -1.08. The topological polar surface area (TPSA) is 59.3 Å². The minimum atomic E-state index is -0.140. The third-order valence-electron chi connectivity index (χ3n) is 1.97. The molecule has 0 aromatic carbocycles. The molecule has 86 valence electrons.